The van der Waals surface area contributed by atoms with Gasteiger partial charge in [-0.1, -0.05) is 19.1 Å². The molecule has 4 nitrogen and oxygen atoms in total. The van der Waals surface area contributed by atoms with Gasteiger partial charge in [0.2, 0.25) is 0 Å². The second-order valence-electron chi connectivity index (χ2n) is 4.73. The normalized spacial score (nSPS) is 22.2. The first kappa shape index (κ1) is 10.6. The lowest BCUT2D eigenvalue weighted by Crippen LogP contribution is -2.32. The smallest absolute Gasteiger partial charge is 0.0852 e. The zero-order valence-electron chi connectivity index (χ0n) is 9.61. The summed E-state index contributed by atoms with van der Waals surface area (Å²) in [7, 11) is 0. The average Bonchev–Trinajstić information content (AvgIpc) is 2.68. The molecule has 0 aromatic carbocycles. The summed E-state index contributed by atoms with van der Waals surface area (Å²) in [6.07, 6.45) is 4.68. The summed E-state index contributed by atoms with van der Waals surface area (Å²) in [5, 5.41) is 11.8. The Balaban J connectivity index is 1.91. The molecule has 1 aromatic heterocycles. The van der Waals surface area contributed by atoms with E-state index >= 15 is 0 Å². The molecular weight excluding hydrogens is 188 g/mol. The first-order valence-electron chi connectivity index (χ1n) is 5.86. The van der Waals surface area contributed by atoms with Crippen LogP contribution in [0.4, 0.5) is 0 Å². The van der Waals surface area contributed by atoms with E-state index in [1.807, 2.05) is 4.68 Å². The molecule has 84 valence electrons. The Hall–Kier alpha value is -0.900. The molecule has 2 rings (SSSR count). The van der Waals surface area contributed by atoms with Gasteiger partial charge < -0.3 is 5.32 Å². The van der Waals surface area contributed by atoms with Crippen molar-refractivity contribution >= 4 is 0 Å². The van der Waals surface area contributed by atoms with Gasteiger partial charge in [0, 0.05) is 12.7 Å². The van der Waals surface area contributed by atoms with E-state index in [1.165, 1.54) is 19.4 Å². The van der Waals surface area contributed by atoms with Gasteiger partial charge >= 0.3 is 0 Å². The van der Waals surface area contributed by atoms with Gasteiger partial charge in [0.1, 0.15) is 0 Å². The lowest BCUT2D eigenvalue weighted by atomic mass is 10.00. The van der Waals surface area contributed by atoms with Crippen LogP contribution in [0.2, 0.25) is 0 Å². The molecule has 1 aliphatic rings. The topological polar surface area (TPSA) is 42.7 Å². The minimum Gasteiger partial charge on any atom is -0.316 e. The van der Waals surface area contributed by atoms with E-state index in [2.05, 4.69) is 35.7 Å². The van der Waals surface area contributed by atoms with Crippen LogP contribution in [0.3, 0.4) is 0 Å². The van der Waals surface area contributed by atoms with Crippen LogP contribution >= 0.6 is 0 Å². The molecule has 0 saturated carbocycles. The Bertz CT molecular complexity index is 299. The number of hydrogen-bond acceptors (Lipinski definition) is 3. The number of aromatic nitrogens is 3. The van der Waals surface area contributed by atoms with Crippen LogP contribution in [0.15, 0.2) is 6.20 Å². The van der Waals surface area contributed by atoms with Gasteiger partial charge in [-0.05, 0) is 37.8 Å². The molecule has 2 heterocycles. The largest absolute Gasteiger partial charge is 0.316 e. The van der Waals surface area contributed by atoms with E-state index in [4.69, 9.17) is 0 Å². The summed E-state index contributed by atoms with van der Waals surface area (Å²) in [5.74, 6) is 1.20. The van der Waals surface area contributed by atoms with Crippen molar-refractivity contribution in [2.24, 2.45) is 5.92 Å². The Kier molecular flexibility index (Phi) is 3.36. The maximum atomic E-state index is 4.17. The fraction of sp³-hybridized carbons (Fsp3) is 0.818. The van der Waals surface area contributed by atoms with Gasteiger partial charge in [-0.3, -0.25) is 4.68 Å². The van der Waals surface area contributed by atoms with Crippen LogP contribution in [-0.4, -0.2) is 28.1 Å². The van der Waals surface area contributed by atoms with Crippen LogP contribution in [0, 0.1) is 5.92 Å². The maximum absolute atomic E-state index is 4.17. The summed E-state index contributed by atoms with van der Waals surface area (Å²) >= 11 is 0. The van der Waals surface area contributed by atoms with E-state index < -0.39 is 0 Å². The second kappa shape index (κ2) is 4.75. The Morgan fingerprint density at radius 3 is 3.07 bits per heavy atom. The SMILES string of the molecule is CC(C)c1cn(CC2CCCNC2)nn1. The van der Waals surface area contributed by atoms with Crippen molar-refractivity contribution in [3.8, 4) is 0 Å². The summed E-state index contributed by atoms with van der Waals surface area (Å²) < 4.78 is 1.99. The molecule has 4 heteroatoms. The number of piperidine rings is 1. The summed E-state index contributed by atoms with van der Waals surface area (Å²) in [4.78, 5) is 0. The van der Waals surface area contributed by atoms with Crippen molar-refractivity contribution in [2.75, 3.05) is 13.1 Å². The maximum Gasteiger partial charge on any atom is 0.0852 e. The Labute approximate surface area is 91.1 Å². The molecule has 1 aromatic rings. The van der Waals surface area contributed by atoms with Crippen LogP contribution in [0.5, 0.6) is 0 Å². The molecular formula is C11H20N4. The predicted octanol–water partition coefficient (Wildman–Crippen LogP) is 1.40. The highest BCUT2D eigenvalue weighted by atomic mass is 15.4. The quantitative estimate of drug-likeness (QED) is 0.816. The number of hydrogen-bond donors (Lipinski definition) is 1. The van der Waals surface area contributed by atoms with Crippen molar-refractivity contribution in [3.63, 3.8) is 0 Å². The van der Waals surface area contributed by atoms with Gasteiger partial charge in [-0.15, -0.1) is 5.10 Å². The van der Waals surface area contributed by atoms with Gasteiger partial charge in [0.15, 0.2) is 0 Å². The van der Waals surface area contributed by atoms with Crippen molar-refractivity contribution in [1.82, 2.24) is 20.3 Å². The predicted molar refractivity (Wildman–Crippen MR) is 59.7 cm³/mol. The first-order chi connectivity index (χ1) is 7.25. The fourth-order valence-corrected chi connectivity index (χ4v) is 2.01. The number of nitrogens with one attached hydrogen (secondary N) is 1. The summed E-state index contributed by atoms with van der Waals surface area (Å²) in [6, 6.07) is 0. The minimum atomic E-state index is 0.475. The van der Waals surface area contributed by atoms with Crippen molar-refractivity contribution < 1.29 is 0 Å². The highest BCUT2D eigenvalue weighted by Gasteiger charge is 2.14. The minimum absolute atomic E-state index is 0.475. The molecule has 1 atom stereocenters. The third-order valence-electron chi connectivity index (χ3n) is 2.99. The fourth-order valence-electron chi connectivity index (χ4n) is 2.01. The zero-order valence-corrected chi connectivity index (χ0v) is 9.61. The molecule has 0 amide bonds. The van der Waals surface area contributed by atoms with Gasteiger partial charge in [-0.2, -0.15) is 0 Å². The van der Waals surface area contributed by atoms with Crippen LogP contribution in [0.25, 0.3) is 0 Å². The summed E-state index contributed by atoms with van der Waals surface area (Å²) in [6.45, 7) is 7.60. The van der Waals surface area contributed by atoms with E-state index in [0.717, 1.165) is 24.7 Å². The van der Waals surface area contributed by atoms with Crippen molar-refractivity contribution in [3.05, 3.63) is 11.9 Å². The molecule has 1 fully saturated rings. The molecule has 0 spiro atoms. The lowest BCUT2D eigenvalue weighted by molar-refractivity contribution is 0.322. The Morgan fingerprint density at radius 2 is 2.47 bits per heavy atom. The van der Waals surface area contributed by atoms with Gasteiger partial charge in [0.05, 0.1) is 5.69 Å². The van der Waals surface area contributed by atoms with Gasteiger partial charge in [0.25, 0.3) is 0 Å². The average molecular weight is 208 g/mol. The third kappa shape index (κ3) is 2.78. The van der Waals surface area contributed by atoms with Gasteiger partial charge in [-0.25, -0.2) is 0 Å². The first-order valence-corrected chi connectivity index (χ1v) is 5.86. The highest BCUT2D eigenvalue weighted by molar-refractivity contribution is 4.98. The van der Waals surface area contributed by atoms with E-state index in [0.29, 0.717) is 5.92 Å². The highest BCUT2D eigenvalue weighted by Crippen LogP contribution is 2.14. The van der Waals surface area contributed by atoms with Crippen LogP contribution in [-0.2, 0) is 6.54 Å². The molecule has 15 heavy (non-hydrogen) atoms. The molecule has 1 aliphatic heterocycles. The molecule has 0 radical (unpaired) electrons. The standard InChI is InChI=1S/C11H20N4/c1-9(2)11-8-15(14-13-11)7-10-4-3-5-12-6-10/h8-10,12H,3-7H2,1-2H3. The van der Waals surface area contributed by atoms with Crippen LogP contribution in [0.1, 0.15) is 38.3 Å². The molecule has 1 saturated heterocycles. The van der Waals surface area contributed by atoms with Crippen molar-refractivity contribution in [2.45, 2.75) is 39.2 Å². The second-order valence-corrected chi connectivity index (χ2v) is 4.73. The molecule has 1 unspecified atom stereocenters. The van der Waals surface area contributed by atoms with E-state index in [1.54, 1.807) is 0 Å². The molecule has 0 aliphatic carbocycles. The lowest BCUT2D eigenvalue weighted by Gasteiger charge is -2.22. The number of nitrogens with zero attached hydrogens (tertiary/aromatic N) is 3. The van der Waals surface area contributed by atoms with Crippen LogP contribution < -0.4 is 5.32 Å². The van der Waals surface area contributed by atoms with Crippen molar-refractivity contribution in [1.29, 1.82) is 0 Å². The van der Waals surface area contributed by atoms with E-state index in [-0.39, 0.29) is 0 Å². The molecule has 1 N–H and O–H groups in total. The zero-order chi connectivity index (χ0) is 10.7. The van der Waals surface area contributed by atoms with E-state index in [9.17, 15) is 0 Å². The monoisotopic (exact) mass is 208 g/mol. The third-order valence-corrected chi connectivity index (χ3v) is 2.99. The Morgan fingerprint density at radius 1 is 1.60 bits per heavy atom. The summed E-state index contributed by atoms with van der Waals surface area (Å²) in [5.41, 5.74) is 1.10. The number of rotatable bonds is 3. The molecule has 0 bridgehead atoms.